The summed E-state index contributed by atoms with van der Waals surface area (Å²) in [6.07, 6.45) is 0. The van der Waals surface area contributed by atoms with Crippen LogP contribution in [0.25, 0.3) is 0 Å². The zero-order valence-corrected chi connectivity index (χ0v) is 13.2. The van der Waals surface area contributed by atoms with Crippen molar-refractivity contribution in [1.82, 2.24) is 5.32 Å². The summed E-state index contributed by atoms with van der Waals surface area (Å²) in [5.74, 6) is 0.731. The average Bonchev–Trinajstić information content (AvgIpc) is 2.54. The average molecular weight is 298 g/mol. The quantitative estimate of drug-likeness (QED) is 0.860. The molecule has 22 heavy (non-hydrogen) atoms. The number of amides is 1. The number of para-hydroxylation sites is 1. The molecule has 0 radical (unpaired) electrons. The summed E-state index contributed by atoms with van der Waals surface area (Å²) >= 11 is 0. The third kappa shape index (κ3) is 4.25. The minimum absolute atomic E-state index is 0.0556. The minimum atomic E-state index is -0.111. The van der Waals surface area contributed by atoms with E-state index in [-0.39, 0.29) is 18.5 Å². The highest BCUT2D eigenvalue weighted by atomic mass is 16.5. The molecule has 0 fully saturated rings. The fourth-order valence-corrected chi connectivity index (χ4v) is 2.30. The normalized spacial score (nSPS) is 11.6. The second-order valence-electron chi connectivity index (χ2n) is 5.25. The van der Waals surface area contributed by atoms with E-state index in [1.807, 2.05) is 62.4 Å². The Kier molecular flexibility index (Phi) is 5.42. The molecule has 0 aromatic heterocycles. The van der Waals surface area contributed by atoms with Crippen LogP contribution < -0.4 is 15.4 Å². The maximum atomic E-state index is 12.1. The van der Waals surface area contributed by atoms with Gasteiger partial charge in [0.15, 0.2) is 0 Å². The van der Waals surface area contributed by atoms with Gasteiger partial charge in [-0.05, 0) is 32.0 Å². The van der Waals surface area contributed by atoms with Crippen LogP contribution in [0.4, 0.5) is 5.69 Å². The Hall–Kier alpha value is -2.49. The molecule has 1 unspecified atom stereocenters. The molecular formula is C18H22N2O2. The fraction of sp³-hybridized carbons (Fsp3) is 0.278. The number of ether oxygens (including phenoxy) is 1. The van der Waals surface area contributed by atoms with Crippen LogP contribution in [0.5, 0.6) is 5.75 Å². The van der Waals surface area contributed by atoms with Gasteiger partial charge in [-0.15, -0.1) is 0 Å². The summed E-state index contributed by atoms with van der Waals surface area (Å²) in [4.78, 5) is 12.1. The predicted molar refractivity (Wildman–Crippen MR) is 89.2 cm³/mol. The van der Waals surface area contributed by atoms with Crippen molar-refractivity contribution in [2.75, 3.05) is 19.0 Å². The Balaban J connectivity index is 1.95. The van der Waals surface area contributed by atoms with Crippen LogP contribution in [0.2, 0.25) is 0 Å². The van der Waals surface area contributed by atoms with E-state index in [1.54, 1.807) is 7.11 Å². The van der Waals surface area contributed by atoms with E-state index in [9.17, 15) is 4.79 Å². The van der Waals surface area contributed by atoms with E-state index in [4.69, 9.17) is 4.74 Å². The summed E-state index contributed by atoms with van der Waals surface area (Å²) in [7, 11) is 1.64. The molecule has 0 bridgehead atoms. The van der Waals surface area contributed by atoms with Gasteiger partial charge in [-0.25, -0.2) is 0 Å². The van der Waals surface area contributed by atoms with Gasteiger partial charge in [0.05, 0.1) is 19.7 Å². The van der Waals surface area contributed by atoms with E-state index in [1.165, 1.54) is 0 Å². The molecule has 116 valence electrons. The van der Waals surface area contributed by atoms with Gasteiger partial charge in [0.2, 0.25) is 5.91 Å². The molecule has 0 saturated carbocycles. The van der Waals surface area contributed by atoms with E-state index >= 15 is 0 Å². The Morgan fingerprint density at radius 3 is 2.59 bits per heavy atom. The van der Waals surface area contributed by atoms with Crippen molar-refractivity contribution in [3.05, 3.63) is 59.7 Å². The number of carbonyl (C=O) groups is 1. The summed E-state index contributed by atoms with van der Waals surface area (Å²) in [5, 5.41) is 6.08. The molecule has 4 nitrogen and oxygen atoms in total. The second-order valence-corrected chi connectivity index (χ2v) is 5.25. The van der Waals surface area contributed by atoms with Crippen molar-refractivity contribution in [1.29, 1.82) is 0 Å². The molecule has 1 atom stereocenters. The number of benzene rings is 2. The summed E-state index contributed by atoms with van der Waals surface area (Å²) in [5.41, 5.74) is 3.05. The second kappa shape index (κ2) is 7.50. The number of nitrogens with one attached hydrogen (secondary N) is 2. The first-order valence-corrected chi connectivity index (χ1v) is 7.33. The first-order valence-electron chi connectivity index (χ1n) is 7.33. The Labute approximate surface area is 131 Å². The van der Waals surface area contributed by atoms with Gasteiger partial charge >= 0.3 is 0 Å². The summed E-state index contributed by atoms with van der Waals surface area (Å²) in [6.45, 7) is 4.22. The number of hydrogen-bond acceptors (Lipinski definition) is 3. The van der Waals surface area contributed by atoms with Gasteiger partial charge in [-0.2, -0.15) is 0 Å². The van der Waals surface area contributed by atoms with Gasteiger partial charge in [0.25, 0.3) is 0 Å². The fourth-order valence-electron chi connectivity index (χ4n) is 2.30. The number of carbonyl (C=O) groups excluding carboxylic acids is 1. The summed E-state index contributed by atoms with van der Waals surface area (Å²) < 4.78 is 5.37. The molecule has 2 aromatic rings. The number of hydrogen-bond donors (Lipinski definition) is 2. The van der Waals surface area contributed by atoms with Crippen molar-refractivity contribution < 1.29 is 9.53 Å². The zero-order chi connectivity index (χ0) is 15.9. The molecule has 0 spiro atoms. The van der Waals surface area contributed by atoms with E-state index in [0.29, 0.717) is 0 Å². The highest BCUT2D eigenvalue weighted by Crippen LogP contribution is 2.25. The smallest absolute Gasteiger partial charge is 0.239 e. The number of methoxy groups -OCH3 is 1. The predicted octanol–water partition coefficient (Wildman–Crippen LogP) is 3.29. The van der Waals surface area contributed by atoms with Gasteiger partial charge in [-0.1, -0.05) is 35.9 Å². The lowest BCUT2D eigenvalue weighted by molar-refractivity contribution is -0.120. The van der Waals surface area contributed by atoms with E-state index in [2.05, 4.69) is 10.6 Å². The lowest BCUT2D eigenvalue weighted by atomic mass is 10.0. The van der Waals surface area contributed by atoms with Gasteiger partial charge < -0.3 is 15.4 Å². The van der Waals surface area contributed by atoms with Crippen molar-refractivity contribution in [3.8, 4) is 5.75 Å². The lowest BCUT2D eigenvalue weighted by Gasteiger charge is -2.18. The Morgan fingerprint density at radius 1 is 1.18 bits per heavy atom. The maximum Gasteiger partial charge on any atom is 0.239 e. The number of rotatable bonds is 6. The van der Waals surface area contributed by atoms with Crippen LogP contribution >= 0.6 is 0 Å². The summed E-state index contributed by atoms with van der Waals surface area (Å²) in [6, 6.07) is 15.5. The van der Waals surface area contributed by atoms with E-state index < -0.39 is 0 Å². The van der Waals surface area contributed by atoms with Crippen LogP contribution in [0, 0.1) is 6.92 Å². The van der Waals surface area contributed by atoms with Crippen LogP contribution in [-0.4, -0.2) is 19.6 Å². The maximum absolute atomic E-state index is 12.1. The monoisotopic (exact) mass is 298 g/mol. The lowest BCUT2D eigenvalue weighted by Crippen LogP contribution is -2.32. The van der Waals surface area contributed by atoms with Crippen LogP contribution in [-0.2, 0) is 4.79 Å². The third-order valence-electron chi connectivity index (χ3n) is 3.46. The zero-order valence-electron chi connectivity index (χ0n) is 13.2. The molecule has 0 heterocycles. The SMILES string of the molecule is COc1ccc(C)cc1C(C)NC(=O)CNc1ccccc1. The number of aryl methyl sites for hydroxylation is 1. The molecule has 2 N–H and O–H groups in total. The Morgan fingerprint density at radius 2 is 1.91 bits per heavy atom. The topological polar surface area (TPSA) is 50.4 Å². The molecule has 0 aliphatic rings. The molecule has 2 rings (SSSR count). The van der Waals surface area contributed by atoms with Crippen molar-refractivity contribution in [2.45, 2.75) is 19.9 Å². The molecule has 2 aromatic carbocycles. The third-order valence-corrected chi connectivity index (χ3v) is 3.46. The highest BCUT2D eigenvalue weighted by Gasteiger charge is 2.14. The molecule has 0 aliphatic carbocycles. The standard InChI is InChI=1S/C18H22N2O2/c1-13-9-10-17(22-3)16(11-13)14(2)20-18(21)12-19-15-7-5-4-6-8-15/h4-11,14,19H,12H2,1-3H3,(H,20,21). The first kappa shape index (κ1) is 15.9. The molecule has 4 heteroatoms. The van der Waals surface area contributed by atoms with Crippen molar-refractivity contribution >= 4 is 11.6 Å². The molecule has 0 saturated heterocycles. The first-order chi connectivity index (χ1) is 10.6. The minimum Gasteiger partial charge on any atom is -0.496 e. The van der Waals surface area contributed by atoms with Crippen molar-refractivity contribution in [2.24, 2.45) is 0 Å². The van der Waals surface area contributed by atoms with Crippen LogP contribution in [0.3, 0.4) is 0 Å². The van der Waals surface area contributed by atoms with E-state index in [0.717, 1.165) is 22.6 Å². The largest absolute Gasteiger partial charge is 0.496 e. The van der Waals surface area contributed by atoms with Crippen molar-refractivity contribution in [3.63, 3.8) is 0 Å². The van der Waals surface area contributed by atoms with Gasteiger partial charge in [0.1, 0.15) is 5.75 Å². The van der Waals surface area contributed by atoms with Crippen LogP contribution in [0.15, 0.2) is 48.5 Å². The molecule has 0 aliphatic heterocycles. The van der Waals surface area contributed by atoms with Gasteiger partial charge in [-0.3, -0.25) is 4.79 Å². The highest BCUT2D eigenvalue weighted by molar-refractivity contribution is 5.81. The molecule has 1 amide bonds. The van der Waals surface area contributed by atoms with Crippen LogP contribution in [0.1, 0.15) is 24.1 Å². The molecular weight excluding hydrogens is 276 g/mol. The van der Waals surface area contributed by atoms with Gasteiger partial charge in [0, 0.05) is 11.3 Å². The Bertz CT molecular complexity index is 626. The number of anilines is 1.